The van der Waals surface area contributed by atoms with Crippen LogP contribution in [0.15, 0.2) is 0 Å². The third-order valence-electron chi connectivity index (χ3n) is 2.31. The Hall–Kier alpha value is -0.850. The average molecular weight is 233 g/mol. The molecule has 1 heterocycles. The van der Waals surface area contributed by atoms with Gasteiger partial charge in [0, 0.05) is 19.4 Å². The largest absolute Gasteiger partial charge is 0.420 e. The third kappa shape index (κ3) is 4.34. The van der Waals surface area contributed by atoms with E-state index in [0.717, 1.165) is 6.42 Å². The fourth-order valence-electron chi connectivity index (χ4n) is 1.53. The SMILES string of the molecule is CCCNC(=O)OC1CC(O)CC(CO)O1. The number of rotatable bonds is 4. The molecule has 3 N–H and O–H groups in total. The number of alkyl carbamates (subject to hydrolysis) is 1. The summed E-state index contributed by atoms with van der Waals surface area (Å²) in [7, 11) is 0. The number of aliphatic hydroxyl groups is 2. The van der Waals surface area contributed by atoms with Gasteiger partial charge in [0.25, 0.3) is 0 Å². The van der Waals surface area contributed by atoms with Crippen molar-refractivity contribution >= 4 is 6.09 Å². The van der Waals surface area contributed by atoms with Crippen LogP contribution < -0.4 is 5.32 Å². The molecule has 0 radical (unpaired) electrons. The van der Waals surface area contributed by atoms with Gasteiger partial charge in [-0.2, -0.15) is 0 Å². The molecule has 0 bridgehead atoms. The smallest absolute Gasteiger partial charge is 0.409 e. The Morgan fingerprint density at radius 3 is 2.94 bits per heavy atom. The van der Waals surface area contributed by atoms with Gasteiger partial charge in [-0.1, -0.05) is 6.92 Å². The normalized spacial score (nSPS) is 29.8. The maximum absolute atomic E-state index is 11.2. The molecule has 94 valence electrons. The highest BCUT2D eigenvalue weighted by Gasteiger charge is 2.30. The molecule has 0 aliphatic carbocycles. The molecule has 0 saturated carbocycles. The molecular formula is C10H19NO5. The quantitative estimate of drug-likeness (QED) is 0.635. The Bertz CT molecular complexity index is 223. The molecule has 1 amide bonds. The second-order valence-electron chi connectivity index (χ2n) is 3.83. The lowest BCUT2D eigenvalue weighted by atomic mass is 10.1. The van der Waals surface area contributed by atoms with Gasteiger partial charge in [-0.05, 0) is 6.42 Å². The van der Waals surface area contributed by atoms with Crippen LogP contribution in [0.1, 0.15) is 26.2 Å². The molecule has 1 aliphatic heterocycles. The van der Waals surface area contributed by atoms with Crippen LogP contribution in [0.2, 0.25) is 0 Å². The van der Waals surface area contributed by atoms with Gasteiger partial charge in [-0.15, -0.1) is 0 Å². The summed E-state index contributed by atoms with van der Waals surface area (Å²) >= 11 is 0. The minimum absolute atomic E-state index is 0.187. The van der Waals surface area contributed by atoms with Crippen molar-refractivity contribution in [3.05, 3.63) is 0 Å². The van der Waals surface area contributed by atoms with Crippen LogP contribution in [0, 0.1) is 0 Å². The molecule has 0 spiro atoms. The molecule has 6 heteroatoms. The topological polar surface area (TPSA) is 88.0 Å². The summed E-state index contributed by atoms with van der Waals surface area (Å²) < 4.78 is 10.2. The fourth-order valence-corrected chi connectivity index (χ4v) is 1.53. The van der Waals surface area contributed by atoms with Gasteiger partial charge in [0.2, 0.25) is 6.29 Å². The van der Waals surface area contributed by atoms with Gasteiger partial charge >= 0.3 is 6.09 Å². The number of nitrogens with one attached hydrogen (secondary N) is 1. The average Bonchev–Trinajstić information content (AvgIpc) is 2.25. The fraction of sp³-hybridized carbons (Fsp3) is 0.900. The molecular weight excluding hydrogens is 214 g/mol. The summed E-state index contributed by atoms with van der Waals surface area (Å²) in [6, 6.07) is 0. The zero-order valence-corrected chi connectivity index (χ0v) is 9.39. The molecule has 16 heavy (non-hydrogen) atoms. The molecule has 0 aromatic carbocycles. The second kappa shape index (κ2) is 6.67. The molecule has 1 saturated heterocycles. The molecule has 0 aromatic rings. The number of amides is 1. The molecule has 3 atom stereocenters. The lowest BCUT2D eigenvalue weighted by molar-refractivity contribution is -0.196. The summed E-state index contributed by atoms with van der Waals surface area (Å²) in [6.45, 7) is 2.29. The van der Waals surface area contributed by atoms with Crippen molar-refractivity contribution in [2.75, 3.05) is 13.2 Å². The lowest BCUT2D eigenvalue weighted by Gasteiger charge is -2.31. The van der Waals surface area contributed by atoms with Crippen molar-refractivity contribution in [1.82, 2.24) is 5.32 Å². The summed E-state index contributed by atoms with van der Waals surface area (Å²) in [6.07, 6.45) is -0.969. The minimum Gasteiger partial charge on any atom is -0.420 e. The highest BCUT2D eigenvalue weighted by Crippen LogP contribution is 2.20. The first-order valence-corrected chi connectivity index (χ1v) is 5.54. The van der Waals surface area contributed by atoms with Crippen LogP contribution in [0.4, 0.5) is 4.79 Å². The number of carbonyl (C=O) groups is 1. The Kier molecular flexibility index (Phi) is 5.51. The van der Waals surface area contributed by atoms with Crippen molar-refractivity contribution in [1.29, 1.82) is 0 Å². The Morgan fingerprint density at radius 2 is 2.31 bits per heavy atom. The van der Waals surface area contributed by atoms with E-state index >= 15 is 0 Å². The first-order chi connectivity index (χ1) is 7.65. The van der Waals surface area contributed by atoms with Crippen molar-refractivity contribution in [3.63, 3.8) is 0 Å². The highest BCUT2D eigenvalue weighted by atomic mass is 16.7. The van der Waals surface area contributed by atoms with E-state index in [9.17, 15) is 9.90 Å². The van der Waals surface area contributed by atoms with Crippen LogP contribution in [0.3, 0.4) is 0 Å². The summed E-state index contributed by atoms with van der Waals surface area (Å²) in [5.74, 6) is 0. The van der Waals surface area contributed by atoms with Gasteiger partial charge in [-0.25, -0.2) is 4.79 Å². The molecule has 0 aromatic heterocycles. The highest BCUT2D eigenvalue weighted by molar-refractivity contribution is 5.67. The second-order valence-corrected chi connectivity index (χ2v) is 3.83. The van der Waals surface area contributed by atoms with Crippen molar-refractivity contribution in [2.45, 2.75) is 44.7 Å². The number of ether oxygens (including phenoxy) is 2. The Labute approximate surface area is 94.5 Å². The van der Waals surface area contributed by atoms with Crippen LogP contribution in [-0.2, 0) is 9.47 Å². The maximum Gasteiger partial charge on any atom is 0.409 e. The standard InChI is InChI=1S/C10H19NO5/c1-2-3-11-10(14)16-9-5-7(13)4-8(6-12)15-9/h7-9,12-13H,2-6H2,1H3,(H,11,14). The van der Waals surface area contributed by atoms with E-state index in [4.69, 9.17) is 14.6 Å². The van der Waals surface area contributed by atoms with Crippen molar-refractivity contribution in [2.24, 2.45) is 0 Å². The van der Waals surface area contributed by atoms with Gasteiger partial charge in [0.1, 0.15) is 0 Å². The van der Waals surface area contributed by atoms with Gasteiger partial charge in [-0.3, -0.25) is 0 Å². The minimum atomic E-state index is -0.780. The van der Waals surface area contributed by atoms with E-state index in [-0.39, 0.29) is 13.0 Å². The number of hydrogen-bond acceptors (Lipinski definition) is 5. The van der Waals surface area contributed by atoms with Crippen LogP contribution in [-0.4, -0.2) is 48.0 Å². The van der Waals surface area contributed by atoms with Gasteiger partial charge in [0.05, 0.1) is 18.8 Å². The van der Waals surface area contributed by atoms with E-state index in [2.05, 4.69) is 5.32 Å². The summed E-state index contributed by atoms with van der Waals surface area (Å²) in [4.78, 5) is 11.2. The zero-order valence-electron chi connectivity index (χ0n) is 9.39. The molecule has 6 nitrogen and oxygen atoms in total. The first-order valence-electron chi connectivity index (χ1n) is 5.54. The van der Waals surface area contributed by atoms with Gasteiger partial charge in [0.15, 0.2) is 0 Å². The predicted molar refractivity (Wildman–Crippen MR) is 55.8 cm³/mol. The maximum atomic E-state index is 11.2. The zero-order chi connectivity index (χ0) is 12.0. The number of carbonyl (C=O) groups excluding carboxylic acids is 1. The van der Waals surface area contributed by atoms with Gasteiger partial charge < -0.3 is 25.0 Å². The van der Waals surface area contributed by atoms with E-state index in [1.54, 1.807) is 0 Å². The first kappa shape index (κ1) is 13.2. The van der Waals surface area contributed by atoms with Crippen molar-refractivity contribution in [3.8, 4) is 0 Å². The molecule has 1 aliphatic rings. The Morgan fingerprint density at radius 1 is 1.56 bits per heavy atom. The molecule has 3 unspecified atom stereocenters. The number of aliphatic hydroxyl groups excluding tert-OH is 2. The summed E-state index contributed by atoms with van der Waals surface area (Å²) in [5, 5.41) is 20.9. The summed E-state index contributed by atoms with van der Waals surface area (Å²) in [5.41, 5.74) is 0. The lowest BCUT2D eigenvalue weighted by Crippen LogP contribution is -2.41. The molecule has 1 fully saturated rings. The monoisotopic (exact) mass is 233 g/mol. The van der Waals surface area contributed by atoms with Crippen LogP contribution >= 0.6 is 0 Å². The van der Waals surface area contributed by atoms with Crippen LogP contribution in [0.5, 0.6) is 0 Å². The van der Waals surface area contributed by atoms with E-state index in [0.29, 0.717) is 13.0 Å². The molecule has 1 rings (SSSR count). The predicted octanol–water partition coefficient (Wildman–Crippen LogP) is -0.0191. The van der Waals surface area contributed by atoms with Crippen LogP contribution in [0.25, 0.3) is 0 Å². The van der Waals surface area contributed by atoms with E-state index in [1.807, 2.05) is 6.92 Å². The number of hydrogen-bond donors (Lipinski definition) is 3. The third-order valence-corrected chi connectivity index (χ3v) is 2.31. The van der Waals surface area contributed by atoms with Crippen molar-refractivity contribution < 1.29 is 24.5 Å². The van der Waals surface area contributed by atoms with E-state index in [1.165, 1.54) is 0 Å². The van der Waals surface area contributed by atoms with E-state index < -0.39 is 24.6 Å². The Balaban J connectivity index is 2.32.